The third-order valence-corrected chi connectivity index (χ3v) is 0. The van der Waals surface area contributed by atoms with Gasteiger partial charge in [-0.25, -0.2) is 0 Å². The van der Waals surface area contributed by atoms with Gasteiger partial charge in [-0.2, -0.15) is 0 Å². The summed E-state index contributed by atoms with van der Waals surface area (Å²) < 4.78 is 0. The summed E-state index contributed by atoms with van der Waals surface area (Å²) in [4.78, 5) is 0. The van der Waals surface area contributed by atoms with Crippen LogP contribution in [0.3, 0.4) is 0 Å². The molecule has 0 fully saturated rings. The van der Waals surface area contributed by atoms with E-state index in [-0.39, 0.29) is 63.8 Å². The molecule has 4 heavy (non-hydrogen) atoms. The van der Waals surface area contributed by atoms with E-state index in [1.807, 2.05) is 0 Å². The maximum atomic E-state index is 7.00. The van der Waals surface area contributed by atoms with Crippen LogP contribution < -0.4 is 0 Å². The number of aliphatic hydroxyl groups is 1. The Morgan fingerprint density at radius 2 is 1.25 bits per heavy atom. The predicted octanol–water partition coefficient (Wildman–Crippen LogP) is -0.618. The fourth-order valence-electron chi connectivity index (χ4n) is 0. The molecule has 0 amide bonds. The summed E-state index contributed by atoms with van der Waals surface area (Å²) in [5, 5.41) is 7.00. The molecule has 0 aliphatic heterocycles. The summed E-state index contributed by atoms with van der Waals surface area (Å²) in [6.45, 7) is 0. The average Bonchev–Trinajstić information content (AvgIpc) is 1.00. The summed E-state index contributed by atoms with van der Waals surface area (Å²) in [6, 6.07) is 0. The second-order valence-corrected chi connectivity index (χ2v) is 0. The van der Waals surface area contributed by atoms with Gasteiger partial charge in [-0.1, -0.05) is 0 Å². The third-order valence-electron chi connectivity index (χ3n) is 0. The fraction of sp³-hybridized carbons (Fsp3) is 1.00. The van der Waals surface area contributed by atoms with Crippen LogP contribution in [-0.4, -0.2) is 63.6 Å². The maximum absolute atomic E-state index is 7.00. The van der Waals surface area contributed by atoms with Crippen molar-refractivity contribution < 1.29 is 5.11 Å². The summed E-state index contributed by atoms with van der Waals surface area (Å²) >= 11 is 0. The zero-order valence-electron chi connectivity index (χ0n) is 1.86. The van der Waals surface area contributed by atoms with Crippen molar-refractivity contribution in [2.45, 2.75) is 0 Å². The first-order valence-electron chi connectivity index (χ1n) is 0.447. The van der Waals surface area contributed by atoms with Gasteiger partial charge in [0.1, 0.15) is 0 Å². The Balaban J connectivity index is -0.00000000500. The summed E-state index contributed by atoms with van der Waals surface area (Å²) in [6.07, 6.45) is 0. The van der Waals surface area contributed by atoms with Crippen LogP contribution in [0.5, 0.6) is 0 Å². The Kier molecular flexibility index (Phi) is 87.5. The van der Waals surface area contributed by atoms with Gasteiger partial charge in [-0.3, -0.25) is 0 Å². The average molecular weight is 109 g/mol. The molecule has 3 heteroatoms. The first-order valence-corrected chi connectivity index (χ1v) is 0.447. The zero-order valence-corrected chi connectivity index (χ0v) is 2.67. The van der Waals surface area contributed by atoms with Crippen molar-refractivity contribution in [2.24, 2.45) is 0 Å². The molecule has 0 saturated heterocycles. The third kappa shape index (κ3) is 9.10. The molecule has 0 aromatic carbocycles. The summed E-state index contributed by atoms with van der Waals surface area (Å²) in [5.74, 6) is 0. The van der Waals surface area contributed by atoms with Gasteiger partial charge in [-0.15, -0.1) is 12.4 Å². The van der Waals surface area contributed by atoms with Gasteiger partial charge in [0.2, 0.25) is 0 Å². The summed E-state index contributed by atoms with van der Waals surface area (Å²) in [7, 11) is 1.00. The number of hydrogen-bond donors (Lipinski definition) is 1. The molecule has 0 rings (SSSR count). The first kappa shape index (κ1) is 16.9. The molecule has 0 atom stereocenters. The Morgan fingerprint density at radius 3 is 1.25 bits per heavy atom. The number of aliphatic hydroxyl groups excluding tert-OH is 1. The van der Waals surface area contributed by atoms with Crippen molar-refractivity contribution in [3.05, 3.63) is 0 Å². The van der Waals surface area contributed by atoms with Crippen molar-refractivity contribution in [1.82, 2.24) is 0 Å². The van der Waals surface area contributed by atoms with E-state index in [2.05, 4.69) is 0 Å². The van der Waals surface area contributed by atoms with E-state index < -0.39 is 0 Å². The second kappa shape index (κ2) is 20.7. The van der Waals surface area contributed by atoms with Crippen molar-refractivity contribution >= 4 is 63.8 Å². The molecule has 0 aromatic rings. The van der Waals surface area contributed by atoms with Gasteiger partial charge < -0.3 is 5.11 Å². The fourth-order valence-corrected chi connectivity index (χ4v) is 0. The van der Waals surface area contributed by atoms with Crippen LogP contribution in [0.15, 0.2) is 0 Å². The quantitative estimate of drug-likeness (QED) is 0.410. The molecule has 1 nitrogen and oxygen atoms in total. The van der Waals surface area contributed by atoms with E-state index in [1.165, 1.54) is 0 Å². The molecule has 0 radical (unpaired) electrons. The molecular formula is CH6ClKO. The minimum absolute atomic E-state index is 0. The molecule has 1 N–H and O–H groups in total. The van der Waals surface area contributed by atoms with Crippen molar-refractivity contribution in [3.63, 3.8) is 0 Å². The molecule has 0 heterocycles. The second-order valence-electron chi connectivity index (χ2n) is 0. The first-order chi connectivity index (χ1) is 1.00. The Morgan fingerprint density at radius 1 is 1.25 bits per heavy atom. The molecule has 0 spiro atoms. The van der Waals surface area contributed by atoms with Crippen LogP contribution in [0.1, 0.15) is 0 Å². The molecule has 0 aromatic heterocycles. The van der Waals surface area contributed by atoms with Gasteiger partial charge in [0.05, 0.1) is 0 Å². The number of rotatable bonds is 0. The minimum atomic E-state index is 0. The van der Waals surface area contributed by atoms with E-state index >= 15 is 0 Å². The van der Waals surface area contributed by atoms with Crippen molar-refractivity contribution in [3.8, 4) is 0 Å². The standard InChI is InChI=1S/CH4O.ClH.K.H/c1-2;;;/h2H,1H3;1H;;. The van der Waals surface area contributed by atoms with Crippen LogP contribution in [0, 0.1) is 0 Å². The number of halogens is 1. The van der Waals surface area contributed by atoms with Gasteiger partial charge in [-0.05, 0) is 0 Å². The molecule has 0 saturated carbocycles. The van der Waals surface area contributed by atoms with Gasteiger partial charge >= 0.3 is 51.4 Å². The van der Waals surface area contributed by atoms with E-state index in [4.69, 9.17) is 5.11 Å². The van der Waals surface area contributed by atoms with Crippen LogP contribution in [0.25, 0.3) is 0 Å². The van der Waals surface area contributed by atoms with E-state index in [0.29, 0.717) is 0 Å². The topological polar surface area (TPSA) is 20.2 Å². The molecule has 0 aliphatic rings. The zero-order chi connectivity index (χ0) is 2.00. The Hall–Kier alpha value is 1.89. The van der Waals surface area contributed by atoms with Crippen LogP contribution in [0.2, 0.25) is 0 Å². The van der Waals surface area contributed by atoms with Crippen LogP contribution >= 0.6 is 12.4 Å². The molecule has 24 valence electrons. The molecule has 0 unspecified atom stereocenters. The SMILES string of the molecule is CO.Cl.[KH]. The van der Waals surface area contributed by atoms with Gasteiger partial charge in [0, 0.05) is 7.11 Å². The predicted molar refractivity (Wildman–Crippen MR) is 22.5 cm³/mol. The van der Waals surface area contributed by atoms with E-state index in [1.54, 1.807) is 0 Å². The summed E-state index contributed by atoms with van der Waals surface area (Å²) in [5.41, 5.74) is 0. The van der Waals surface area contributed by atoms with Crippen molar-refractivity contribution in [1.29, 1.82) is 0 Å². The Labute approximate surface area is 74.6 Å². The molecule has 0 aliphatic carbocycles. The normalized spacial score (nSPS) is 1.50. The van der Waals surface area contributed by atoms with Crippen molar-refractivity contribution in [2.75, 3.05) is 7.11 Å². The van der Waals surface area contributed by atoms with Gasteiger partial charge in [0.25, 0.3) is 0 Å². The van der Waals surface area contributed by atoms with Crippen LogP contribution in [-0.2, 0) is 0 Å². The number of hydrogen-bond acceptors (Lipinski definition) is 1. The molecular weight excluding hydrogens is 103 g/mol. The van der Waals surface area contributed by atoms with E-state index in [9.17, 15) is 0 Å². The van der Waals surface area contributed by atoms with Gasteiger partial charge in [0.15, 0.2) is 0 Å². The monoisotopic (exact) mass is 108 g/mol. The van der Waals surface area contributed by atoms with Crippen LogP contribution in [0.4, 0.5) is 0 Å². The van der Waals surface area contributed by atoms with E-state index in [0.717, 1.165) is 7.11 Å². The molecule has 0 bridgehead atoms. The Bertz CT molecular complexity index is 8.00.